The first-order valence-corrected chi connectivity index (χ1v) is 10.5. The van der Waals surface area contributed by atoms with Gasteiger partial charge in [0.15, 0.2) is 0 Å². The smallest absolute Gasteiger partial charge is 0.253 e. The molecule has 2 fully saturated rings. The maximum Gasteiger partial charge on any atom is 0.253 e. The highest BCUT2D eigenvalue weighted by atomic mass is 35.5. The first kappa shape index (κ1) is 20.6. The number of carbonyl (C=O) groups excluding carboxylic acids is 1. The molecular weight excluding hydrogens is 362 g/mol. The Morgan fingerprint density at radius 2 is 1.96 bits per heavy atom. The van der Waals surface area contributed by atoms with Gasteiger partial charge in [-0.3, -0.25) is 9.69 Å². The molecule has 2 aliphatic rings. The summed E-state index contributed by atoms with van der Waals surface area (Å²) in [5.74, 6) is 0.488. The zero-order chi connectivity index (χ0) is 19.4. The first-order chi connectivity index (χ1) is 13.0. The predicted octanol–water partition coefficient (Wildman–Crippen LogP) is 2.50. The highest BCUT2D eigenvalue weighted by molar-refractivity contribution is 6.31. The number of hydrogen-bond acceptors (Lipinski definition) is 4. The number of piperazine rings is 1. The Labute approximate surface area is 167 Å². The highest BCUT2D eigenvalue weighted by Gasteiger charge is 2.35. The summed E-state index contributed by atoms with van der Waals surface area (Å²) in [4.78, 5) is 20.0. The largest absolute Gasteiger partial charge is 0.396 e. The lowest BCUT2D eigenvalue weighted by atomic mass is 9.86. The number of halogens is 1. The topological polar surface area (TPSA) is 47.0 Å². The molecule has 0 spiro atoms. The number of aliphatic hydroxyl groups is 1. The summed E-state index contributed by atoms with van der Waals surface area (Å²) in [6, 6.07) is 6.08. The minimum atomic E-state index is 0.0720. The van der Waals surface area contributed by atoms with Gasteiger partial charge in [0, 0.05) is 62.5 Å². The van der Waals surface area contributed by atoms with Crippen LogP contribution in [0.15, 0.2) is 18.2 Å². The molecule has 1 aromatic carbocycles. The van der Waals surface area contributed by atoms with Crippen LogP contribution in [0.1, 0.15) is 35.2 Å². The lowest BCUT2D eigenvalue weighted by molar-refractivity contribution is 0.0218. The zero-order valence-electron chi connectivity index (χ0n) is 16.5. The lowest BCUT2D eigenvalue weighted by Gasteiger charge is -2.46. The van der Waals surface area contributed by atoms with Crippen LogP contribution in [0.2, 0.25) is 5.02 Å². The predicted molar refractivity (Wildman–Crippen MR) is 109 cm³/mol. The van der Waals surface area contributed by atoms with Gasteiger partial charge in [-0.1, -0.05) is 17.7 Å². The van der Waals surface area contributed by atoms with Gasteiger partial charge in [-0.15, -0.1) is 0 Å². The minimum absolute atomic E-state index is 0.0720. The van der Waals surface area contributed by atoms with Crippen molar-refractivity contribution in [3.63, 3.8) is 0 Å². The molecule has 0 unspecified atom stereocenters. The van der Waals surface area contributed by atoms with Crippen molar-refractivity contribution in [1.29, 1.82) is 0 Å². The van der Waals surface area contributed by atoms with Gasteiger partial charge in [0.1, 0.15) is 0 Å². The molecule has 0 bridgehead atoms. The Kier molecular flexibility index (Phi) is 7.15. The molecule has 3 rings (SSSR count). The minimum Gasteiger partial charge on any atom is -0.396 e. The Hall–Kier alpha value is -1.14. The molecule has 5 nitrogen and oxygen atoms in total. The third-order valence-corrected chi connectivity index (χ3v) is 6.55. The van der Waals surface area contributed by atoms with Gasteiger partial charge in [-0.05, 0) is 56.8 Å². The van der Waals surface area contributed by atoms with Crippen LogP contribution in [0.3, 0.4) is 0 Å². The van der Waals surface area contributed by atoms with Crippen LogP contribution in [0.25, 0.3) is 0 Å². The molecule has 1 amide bonds. The lowest BCUT2D eigenvalue weighted by Crippen LogP contribution is -2.56. The van der Waals surface area contributed by atoms with Crippen molar-refractivity contribution in [2.45, 2.75) is 32.2 Å². The van der Waals surface area contributed by atoms with E-state index in [-0.39, 0.29) is 12.5 Å². The normalized spacial score (nSPS) is 25.0. The van der Waals surface area contributed by atoms with Gasteiger partial charge in [0.2, 0.25) is 0 Å². The quantitative estimate of drug-likeness (QED) is 0.834. The van der Waals surface area contributed by atoms with E-state index in [4.69, 9.17) is 11.6 Å². The van der Waals surface area contributed by atoms with Crippen LogP contribution >= 0.6 is 11.6 Å². The fourth-order valence-corrected chi connectivity index (χ4v) is 4.56. The van der Waals surface area contributed by atoms with Crippen LogP contribution < -0.4 is 0 Å². The molecule has 0 radical (unpaired) electrons. The molecule has 27 heavy (non-hydrogen) atoms. The zero-order valence-corrected chi connectivity index (χ0v) is 17.3. The van der Waals surface area contributed by atoms with Crippen LogP contribution in [0.5, 0.6) is 0 Å². The molecule has 0 saturated carbocycles. The number of hydrogen-bond donors (Lipinski definition) is 1. The number of likely N-dealkylation sites (tertiary alicyclic amines) is 1. The van der Waals surface area contributed by atoms with E-state index in [1.54, 1.807) is 6.07 Å². The van der Waals surface area contributed by atoms with Crippen molar-refractivity contribution in [3.05, 3.63) is 34.3 Å². The van der Waals surface area contributed by atoms with Crippen molar-refractivity contribution in [2.75, 3.05) is 52.9 Å². The van der Waals surface area contributed by atoms with Crippen molar-refractivity contribution in [1.82, 2.24) is 14.7 Å². The summed E-state index contributed by atoms with van der Waals surface area (Å²) >= 11 is 6.22. The van der Waals surface area contributed by atoms with E-state index in [2.05, 4.69) is 16.8 Å². The van der Waals surface area contributed by atoms with E-state index in [0.717, 1.165) is 64.1 Å². The van der Waals surface area contributed by atoms with Crippen LogP contribution in [-0.4, -0.2) is 84.7 Å². The van der Waals surface area contributed by atoms with Gasteiger partial charge in [-0.25, -0.2) is 0 Å². The maximum atomic E-state index is 13.0. The summed E-state index contributed by atoms with van der Waals surface area (Å²) < 4.78 is 0. The second-order valence-electron chi connectivity index (χ2n) is 8.04. The van der Waals surface area contributed by atoms with Gasteiger partial charge >= 0.3 is 0 Å². The number of benzene rings is 1. The molecule has 0 aromatic heterocycles. The number of piperidine rings is 1. The molecule has 2 atom stereocenters. The monoisotopic (exact) mass is 393 g/mol. The molecule has 2 saturated heterocycles. The Morgan fingerprint density at radius 1 is 1.22 bits per heavy atom. The summed E-state index contributed by atoms with van der Waals surface area (Å²) in [5, 5.41) is 9.97. The van der Waals surface area contributed by atoms with Crippen LogP contribution in [0, 0.1) is 12.8 Å². The van der Waals surface area contributed by atoms with Crippen molar-refractivity contribution >= 4 is 17.5 Å². The molecular formula is C21H32ClN3O2. The van der Waals surface area contributed by atoms with Gasteiger partial charge in [-0.2, -0.15) is 0 Å². The van der Waals surface area contributed by atoms with E-state index in [1.165, 1.54) is 0 Å². The van der Waals surface area contributed by atoms with Gasteiger partial charge in [0.05, 0.1) is 0 Å². The second kappa shape index (κ2) is 9.37. The molecule has 6 heteroatoms. The fourth-order valence-electron chi connectivity index (χ4n) is 4.38. The summed E-state index contributed by atoms with van der Waals surface area (Å²) in [6.07, 6.45) is 2.77. The molecule has 150 valence electrons. The Morgan fingerprint density at radius 3 is 2.63 bits per heavy atom. The Bertz CT molecular complexity index is 646. The maximum absolute atomic E-state index is 13.0. The van der Waals surface area contributed by atoms with Crippen molar-refractivity contribution in [3.8, 4) is 0 Å². The van der Waals surface area contributed by atoms with Gasteiger partial charge in [0.25, 0.3) is 5.91 Å². The van der Waals surface area contributed by atoms with E-state index < -0.39 is 0 Å². The van der Waals surface area contributed by atoms with Crippen molar-refractivity contribution < 1.29 is 9.90 Å². The number of nitrogens with zero attached hydrogens (tertiary/aromatic N) is 3. The van der Waals surface area contributed by atoms with E-state index >= 15 is 0 Å². The van der Waals surface area contributed by atoms with Crippen LogP contribution in [0.4, 0.5) is 0 Å². The third kappa shape index (κ3) is 5.02. The summed E-state index contributed by atoms with van der Waals surface area (Å²) in [7, 11) is 2.18. The molecule has 1 aromatic rings. The van der Waals surface area contributed by atoms with Gasteiger partial charge < -0.3 is 14.9 Å². The molecule has 2 heterocycles. The SMILES string of the molecule is Cc1ccc(C(=O)N2CC[C@@H](N3CCN(C)CC3)[C@@H](CCCO)C2)cc1Cl. The standard InChI is InChI=1S/C21H32ClN3O2/c1-16-5-6-17(14-19(16)22)21(27)25-8-7-20(18(15-25)4-3-13-26)24-11-9-23(2)10-12-24/h5-6,14,18,20,26H,3-4,7-13,15H2,1-2H3/t18-,20+/m0/s1. The number of aryl methyl sites for hydroxylation is 1. The average Bonchev–Trinajstić information content (AvgIpc) is 2.68. The first-order valence-electron chi connectivity index (χ1n) is 10.1. The van der Waals surface area contributed by atoms with E-state index in [1.807, 2.05) is 24.0 Å². The highest BCUT2D eigenvalue weighted by Crippen LogP contribution is 2.28. The summed E-state index contributed by atoms with van der Waals surface area (Å²) in [6.45, 7) is 8.12. The molecule has 1 N–H and O–H groups in total. The number of carbonyl (C=O) groups is 1. The number of likely N-dealkylation sites (N-methyl/N-ethyl adjacent to an activating group) is 1. The summed E-state index contributed by atoms with van der Waals surface area (Å²) in [5.41, 5.74) is 1.66. The van der Waals surface area contributed by atoms with E-state index in [0.29, 0.717) is 22.5 Å². The average molecular weight is 394 g/mol. The third-order valence-electron chi connectivity index (χ3n) is 6.14. The number of amides is 1. The fraction of sp³-hybridized carbons (Fsp3) is 0.667. The number of aliphatic hydroxyl groups excluding tert-OH is 1. The number of rotatable bonds is 5. The second-order valence-corrected chi connectivity index (χ2v) is 8.44. The van der Waals surface area contributed by atoms with Crippen LogP contribution in [-0.2, 0) is 0 Å². The van der Waals surface area contributed by atoms with E-state index in [9.17, 15) is 9.90 Å². The molecule has 0 aliphatic carbocycles. The molecule has 2 aliphatic heterocycles. The Balaban J connectivity index is 1.69. The van der Waals surface area contributed by atoms with Crippen molar-refractivity contribution in [2.24, 2.45) is 5.92 Å².